The summed E-state index contributed by atoms with van der Waals surface area (Å²) in [6.45, 7) is 1.76. The zero-order chi connectivity index (χ0) is 12.5. The van der Waals surface area contributed by atoms with E-state index in [1.165, 1.54) is 0 Å². The zero-order valence-electron chi connectivity index (χ0n) is 10.2. The number of carbonyl (C=O) groups is 1. The topological polar surface area (TPSA) is 66.5 Å². The first kappa shape index (κ1) is 12.8. The molecule has 0 spiro atoms. The van der Waals surface area contributed by atoms with E-state index in [0.29, 0.717) is 6.42 Å². The number of nitrogens with zero attached hydrogens (tertiary/aromatic N) is 1. The van der Waals surface area contributed by atoms with Gasteiger partial charge >= 0.3 is 0 Å². The van der Waals surface area contributed by atoms with Crippen LogP contribution >= 0.6 is 0 Å². The van der Waals surface area contributed by atoms with Crippen LogP contribution in [0.2, 0.25) is 0 Å². The lowest BCUT2D eigenvalue weighted by Gasteiger charge is -2.30. The lowest BCUT2D eigenvalue weighted by Crippen LogP contribution is -2.44. The van der Waals surface area contributed by atoms with Gasteiger partial charge in [-0.05, 0) is 32.4 Å². The van der Waals surface area contributed by atoms with Crippen molar-refractivity contribution in [2.75, 3.05) is 31.6 Å². The second kappa shape index (κ2) is 4.94. The highest BCUT2D eigenvalue weighted by Gasteiger charge is 2.35. The Morgan fingerprint density at radius 3 is 2.41 bits per heavy atom. The predicted octanol–water partition coefficient (Wildman–Crippen LogP) is -0.368. The molecule has 98 valence electrons. The average Bonchev–Trinajstić information content (AvgIpc) is 2.69. The molecule has 2 rings (SSSR count). The molecule has 1 amide bonds. The Labute approximate surface area is 102 Å². The minimum absolute atomic E-state index is 0.0737. The van der Waals surface area contributed by atoms with Crippen LogP contribution in [0.3, 0.4) is 0 Å². The summed E-state index contributed by atoms with van der Waals surface area (Å²) in [5.74, 6) is 0.556. The number of piperidine rings is 1. The molecule has 2 saturated heterocycles. The number of amides is 1. The molecule has 0 aromatic rings. The first-order chi connectivity index (χ1) is 7.99. The van der Waals surface area contributed by atoms with Crippen molar-refractivity contribution < 1.29 is 13.2 Å². The lowest BCUT2D eigenvalue weighted by atomic mass is 9.96. The van der Waals surface area contributed by atoms with E-state index in [1.807, 2.05) is 0 Å². The van der Waals surface area contributed by atoms with Crippen LogP contribution in [0.4, 0.5) is 0 Å². The van der Waals surface area contributed by atoms with Gasteiger partial charge in [0, 0.05) is 19.0 Å². The van der Waals surface area contributed by atoms with Crippen LogP contribution in [-0.2, 0) is 14.6 Å². The van der Waals surface area contributed by atoms with Crippen LogP contribution in [0.5, 0.6) is 0 Å². The summed E-state index contributed by atoms with van der Waals surface area (Å²) in [5, 5.41) is 3.22. The summed E-state index contributed by atoms with van der Waals surface area (Å²) in [7, 11) is -1.17. The van der Waals surface area contributed by atoms with Crippen molar-refractivity contribution in [1.29, 1.82) is 0 Å². The summed E-state index contributed by atoms with van der Waals surface area (Å²) in [4.78, 5) is 13.9. The van der Waals surface area contributed by atoms with Crippen molar-refractivity contribution in [1.82, 2.24) is 10.2 Å². The molecular weight excluding hydrogens is 240 g/mol. The highest BCUT2D eigenvalue weighted by atomic mass is 32.2. The van der Waals surface area contributed by atoms with Crippen molar-refractivity contribution in [2.45, 2.75) is 25.3 Å². The predicted molar refractivity (Wildman–Crippen MR) is 65.4 cm³/mol. The van der Waals surface area contributed by atoms with Gasteiger partial charge in [-0.1, -0.05) is 0 Å². The van der Waals surface area contributed by atoms with Crippen LogP contribution in [0.15, 0.2) is 0 Å². The Balaban J connectivity index is 1.95. The molecule has 6 heteroatoms. The van der Waals surface area contributed by atoms with Gasteiger partial charge in [-0.2, -0.15) is 0 Å². The van der Waals surface area contributed by atoms with E-state index >= 15 is 0 Å². The van der Waals surface area contributed by atoms with Crippen molar-refractivity contribution in [2.24, 2.45) is 5.92 Å². The van der Waals surface area contributed by atoms with Gasteiger partial charge in [-0.15, -0.1) is 0 Å². The Hall–Kier alpha value is -0.620. The molecular formula is C11H20N2O3S. The maximum absolute atomic E-state index is 12.2. The monoisotopic (exact) mass is 260 g/mol. The highest BCUT2D eigenvalue weighted by molar-refractivity contribution is 7.91. The molecule has 2 heterocycles. The van der Waals surface area contributed by atoms with Crippen molar-refractivity contribution in [3.05, 3.63) is 0 Å². The van der Waals surface area contributed by atoms with Gasteiger partial charge in [0.2, 0.25) is 5.91 Å². The van der Waals surface area contributed by atoms with Crippen LogP contribution in [-0.4, -0.2) is 56.9 Å². The normalized spacial score (nSPS) is 29.1. The molecule has 0 bridgehead atoms. The molecule has 0 aromatic carbocycles. The molecule has 0 radical (unpaired) electrons. The van der Waals surface area contributed by atoms with E-state index in [1.54, 1.807) is 11.9 Å². The van der Waals surface area contributed by atoms with E-state index in [2.05, 4.69) is 5.32 Å². The summed E-state index contributed by atoms with van der Waals surface area (Å²) >= 11 is 0. The van der Waals surface area contributed by atoms with Gasteiger partial charge in [0.25, 0.3) is 0 Å². The summed E-state index contributed by atoms with van der Waals surface area (Å²) in [6.07, 6.45) is 2.32. The van der Waals surface area contributed by atoms with Crippen molar-refractivity contribution in [3.63, 3.8) is 0 Å². The molecule has 0 aromatic heterocycles. The number of rotatable bonds is 2. The number of carbonyl (C=O) groups excluding carboxylic acids is 1. The van der Waals surface area contributed by atoms with E-state index in [4.69, 9.17) is 0 Å². The molecule has 1 atom stereocenters. The van der Waals surface area contributed by atoms with Gasteiger partial charge in [0.05, 0.1) is 11.5 Å². The van der Waals surface area contributed by atoms with E-state index in [0.717, 1.165) is 25.9 Å². The molecule has 2 fully saturated rings. The van der Waals surface area contributed by atoms with Crippen molar-refractivity contribution >= 4 is 15.7 Å². The largest absolute Gasteiger partial charge is 0.341 e. The minimum Gasteiger partial charge on any atom is -0.341 e. The van der Waals surface area contributed by atoms with Gasteiger partial charge in [-0.3, -0.25) is 4.79 Å². The van der Waals surface area contributed by atoms with Gasteiger partial charge < -0.3 is 10.2 Å². The maximum Gasteiger partial charge on any atom is 0.225 e. The molecule has 0 aliphatic carbocycles. The number of hydrogen-bond acceptors (Lipinski definition) is 4. The standard InChI is InChI=1S/C11H20N2O3S/c1-13(10-4-7-17(15,16)8-10)11(14)9-2-5-12-6-3-9/h9-10,12H,2-8H2,1H3. The van der Waals surface area contributed by atoms with Crippen LogP contribution < -0.4 is 5.32 Å². The van der Waals surface area contributed by atoms with Gasteiger partial charge in [0.15, 0.2) is 9.84 Å². The quantitative estimate of drug-likeness (QED) is 0.736. The van der Waals surface area contributed by atoms with Crippen LogP contribution in [0.1, 0.15) is 19.3 Å². The first-order valence-corrected chi connectivity index (χ1v) is 7.99. The molecule has 0 saturated carbocycles. The Morgan fingerprint density at radius 2 is 1.88 bits per heavy atom. The summed E-state index contributed by atoms with van der Waals surface area (Å²) in [5.41, 5.74) is 0. The molecule has 17 heavy (non-hydrogen) atoms. The zero-order valence-corrected chi connectivity index (χ0v) is 11.0. The van der Waals surface area contributed by atoms with Gasteiger partial charge in [0.1, 0.15) is 0 Å². The molecule has 2 aliphatic rings. The summed E-state index contributed by atoms with van der Waals surface area (Å²) < 4.78 is 22.8. The Bertz CT molecular complexity index is 388. The molecule has 5 nitrogen and oxygen atoms in total. The number of nitrogens with one attached hydrogen (secondary N) is 1. The maximum atomic E-state index is 12.2. The Morgan fingerprint density at radius 1 is 1.24 bits per heavy atom. The van der Waals surface area contributed by atoms with Gasteiger partial charge in [-0.25, -0.2) is 8.42 Å². The average molecular weight is 260 g/mol. The molecule has 2 aliphatic heterocycles. The second-order valence-electron chi connectivity index (χ2n) is 5.03. The van der Waals surface area contributed by atoms with E-state index in [9.17, 15) is 13.2 Å². The fourth-order valence-electron chi connectivity index (χ4n) is 2.62. The van der Waals surface area contributed by atoms with Crippen LogP contribution in [0, 0.1) is 5.92 Å². The number of sulfone groups is 1. The third-order valence-electron chi connectivity index (χ3n) is 3.79. The van der Waals surface area contributed by atoms with E-state index in [-0.39, 0.29) is 29.4 Å². The first-order valence-electron chi connectivity index (χ1n) is 6.17. The lowest BCUT2D eigenvalue weighted by molar-refractivity contribution is -0.136. The minimum atomic E-state index is -2.91. The van der Waals surface area contributed by atoms with Crippen LogP contribution in [0.25, 0.3) is 0 Å². The molecule has 1 unspecified atom stereocenters. The fourth-order valence-corrected chi connectivity index (χ4v) is 4.39. The summed E-state index contributed by atoms with van der Waals surface area (Å²) in [6, 6.07) is -0.109. The van der Waals surface area contributed by atoms with Crippen molar-refractivity contribution in [3.8, 4) is 0 Å². The Kier molecular flexibility index (Phi) is 3.73. The smallest absolute Gasteiger partial charge is 0.225 e. The SMILES string of the molecule is CN(C(=O)C1CCNCC1)C1CCS(=O)(=O)C1. The third kappa shape index (κ3) is 2.98. The highest BCUT2D eigenvalue weighted by Crippen LogP contribution is 2.21. The third-order valence-corrected chi connectivity index (χ3v) is 5.54. The van der Waals surface area contributed by atoms with E-state index < -0.39 is 9.84 Å². The molecule has 1 N–H and O–H groups in total. The fraction of sp³-hybridized carbons (Fsp3) is 0.909. The number of hydrogen-bond donors (Lipinski definition) is 1. The second-order valence-corrected chi connectivity index (χ2v) is 7.26.